The summed E-state index contributed by atoms with van der Waals surface area (Å²) in [7, 11) is 0. The van der Waals surface area contributed by atoms with E-state index in [0.29, 0.717) is 11.4 Å². The van der Waals surface area contributed by atoms with Crippen LogP contribution in [0.25, 0.3) is 0 Å². The summed E-state index contributed by atoms with van der Waals surface area (Å²) in [6, 6.07) is 11.2. The van der Waals surface area contributed by atoms with Gasteiger partial charge in [-0.15, -0.1) is 0 Å². The largest absolute Gasteiger partial charge is 0.396 e. The monoisotopic (exact) mass is 306 g/mol. The average Bonchev–Trinajstić information content (AvgIpc) is 2.48. The van der Waals surface area contributed by atoms with E-state index < -0.39 is 11.7 Å². The Morgan fingerprint density at radius 1 is 1.29 bits per heavy atom. The van der Waals surface area contributed by atoms with Crippen molar-refractivity contribution >= 4 is 23.2 Å². The van der Waals surface area contributed by atoms with Gasteiger partial charge in [-0.1, -0.05) is 36.7 Å². The molecule has 1 atom stereocenters. The number of nitrogens with one attached hydrogen (secondary N) is 1. The van der Waals surface area contributed by atoms with Gasteiger partial charge in [-0.2, -0.15) is 0 Å². The molecule has 0 bridgehead atoms. The van der Waals surface area contributed by atoms with Gasteiger partial charge in [0.15, 0.2) is 0 Å². The van der Waals surface area contributed by atoms with E-state index in [4.69, 9.17) is 17.3 Å². The van der Waals surface area contributed by atoms with Crippen molar-refractivity contribution in [3.8, 4) is 0 Å². The molecule has 2 rings (SSSR count). The molecule has 0 saturated heterocycles. The zero-order valence-electron chi connectivity index (χ0n) is 11.6. The van der Waals surface area contributed by atoms with Gasteiger partial charge in [0.25, 0.3) is 5.91 Å². The number of halogens is 2. The third-order valence-corrected chi connectivity index (χ3v) is 3.54. The molecule has 3 N–H and O–H groups in total. The third kappa shape index (κ3) is 3.52. The highest BCUT2D eigenvalue weighted by molar-refractivity contribution is 6.30. The van der Waals surface area contributed by atoms with Crippen LogP contribution in [-0.2, 0) is 0 Å². The van der Waals surface area contributed by atoms with Gasteiger partial charge in [-0.05, 0) is 36.2 Å². The van der Waals surface area contributed by atoms with E-state index in [2.05, 4.69) is 5.32 Å². The quantitative estimate of drug-likeness (QED) is 0.841. The maximum absolute atomic E-state index is 13.4. The molecular weight excluding hydrogens is 291 g/mol. The number of hydrogen-bond acceptors (Lipinski definition) is 2. The zero-order valence-corrected chi connectivity index (χ0v) is 12.3. The molecule has 0 heterocycles. The third-order valence-electron chi connectivity index (χ3n) is 3.28. The second-order valence-corrected chi connectivity index (χ2v) is 5.12. The van der Waals surface area contributed by atoms with Crippen molar-refractivity contribution < 1.29 is 9.18 Å². The van der Waals surface area contributed by atoms with E-state index in [1.807, 2.05) is 19.1 Å². The zero-order chi connectivity index (χ0) is 15.4. The molecule has 0 radical (unpaired) electrons. The fourth-order valence-electron chi connectivity index (χ4n) is 2.09. The SMILES string of the molecule is CCC(NC(=O)c1cccc(F)c1N)c1ccc(Cl)cc1. The molecule has 0 spiro atoms. The maximum Gasteiger partial charge on any atom is 0.253 e. The number of carbonyl (C=O) groups excluding carboxylic acids is 1. The highest BCUT2D eigenvalue weighted by atomic mass is 35.5. The van der Waals surface area contributed by atoms with Crippen LogP contribution in [0.3, 0.4) is 0 Å². The molecule has 3 nitrogen and oxygen atoms in total. The summed E-state index contributed by atoms with van der Waals surface area (Å²) >= 11 is 5.85. The minimum absolute atomic E-state index is 0.138. The minimum atomic E-state index is -0.595. The second kappa shape index (κ2) is 6.59. The van der Waals surface area contributed by atoms with Crippen molar-refractivity contribution in [1.29, 1.82) is 0 Å². The first-order chi connectivity index (χ1) is 10.0. The van der Waals surface area contributed by atoms with E-state index in [9.17, 15) is 9.18 Å². The second-order valence-electron chi connectivity index (χ2n) is 4.69. The molecule has 0 saturated carbocycles. The summed E-state index contributed by atoms with van der Waals surface area (Å²) in [5.74, 6) is -0.990. The first-order valence-corrected chi connectivity index (χ1v) is 7.01. The maximum atomic E-state index is 13.4. The Kier molecular flexibility index (Phi) is 4.81. The molecular formula is C16H16ClFN2O. The van der Waals surface area contributed by atoms with E-state index in [-0.39, 0.29) is 17.3 Å². The van der Waals surface area contributed by atoms with Crippen molar-refractivity contribution in [3.63, 3.8) is 0 Å². The topological polar surface area (TPSA) is 55.1 Å². The van der Waals surface area contributed by atoms with Gasteiger partial charge in [0.2, 0.25) is 0 Å². The van der Waals surface area contributed by atoms with Crippen LogP contribution < -0.4 is 11.1 Å². The number of benzene rings is 2. The fourth-order valence-corrected chi connectivity index (χ4v) is 2.21. The lowest BCUT2D eigenvalue weighted by atomic mass is 10.0. The average molecular weight is 307 g/mol. The van der Waals surface area contributed by atoms with Gasteiger partial charge in [0.1, 0.15) is 5.82 Å². The minimum Gasteiger partial charge on any atom is -0.396 e. The van der Waals surface area contributed by atoms with Crippen molar-refractivity contribution in [2.24, 2.45) is 0 Å². The van der Waals surface area contributed by atoms with Crippen molar-refractivity contribution in [2.45, 2.75) is 19.4 Å². The van der Waals surface area contributed by atoms with Crippen LogP contribution in [0.1, 0.15) is 35.3 Å². The fraction of sp³-hybridized carbons (Fsp3) is 0.188. The summed E-state index contributed by atoms with van der Waals surface area (Å²) in [5, 5.41) is 3.49. The normalized spacial score (nSPS) is 12.0. The number of amides is 1. The number of rotatable bonds is 4. The van der Waals surface area contributed by atoms with Crippen LogP contribution in [0.15, 0.2) is 42.5 Å². The van der Waals surface area contributed by atoms with Crippen LogP contribution in [0.5, 0.6) is 0 Å². The molecule has 0 fully saturated rings. The molecule has 1 unspecified atom stereocenters. The summed E-state index contributed by atoms with van der Waals surface area (Å²) in [4.78, 5) is 12.2. The summed E-state index contributed by atoms with van der Waals surface area (Å²) in [6.45, 7) is 1.95. The van der Waals surface area contributed by atoms with Crippen LogP contribution in [0.2, 0.25) is 5.02 Å². The number of hydrogen-bond donors (Lipinski definition) is 2. The first-order valence-electron chi connectivity index (χ1n) is 6.63. The van der Waals surface area contributed by atoms with Crippen LogP contribution in [-0.4, -0.2) is 5.91 Å². The Morgan fingerprint density at radius 2 is 1.95 bits per heavy atom. The summed E-state index contributed by atoms with van der Waals surface area (Å²) in [5.41, 5.74) is 6.54. The number of nitrogens with two attached hydrogens (primary N) is 1. The standard InChI is InChI=1S/C16H16ClFN2O/c1-2-14(10-6-8-11(17)9-7-10)20-16(21)12-4-3-5-13(18)15(12)19/h3-9,14H,2,19H2,1H3,(H,20,21). The Labute approximate surface area is 127 Å². The lowest BCUT2D eigenvalue weighted by molar-refractivity contribution is 0.0936. The molecule has 21 heavy (non-hydrogen) atoms. The number of nitrogen functional groups attached to an aromatic ring is 1. The molecule has 5 heteroatoms. The van der Waals surface area contributed by atoms with E-state index in [1.54, 1.807) is 12.1 Å². The molecule has 2 aromatic carbocycles. The Hall–Kier alpha value is -2.07. The molecule has 0 aliphatic heterocycles. The molecule has 110 valence electrons. The molecule has 0 aliphatic rings. The van der Waals surface area contributed by atoms with Crippen LogP contribution in [0.4, 0.5) is 10.1 Å². The molecule has 1 amide bonds. The molecule has 0 aliphatic carbocycles. The van der Waals surface area contributed by atoms with Gasteiger partial charge in [0.05, 0.1) is 17.3 Å². The Morgan fingerprint density at radius 3 is 2.57 bits per heavy atom. The molecule has 2 aromatic rings. The molecule has 0 aromatic heterocycles. The summed E-state index contributed by atoms with van der Waals surface area (Å²) < 4.78 is 13.4. The van der Waals surface area contributed by atoms with Crippen LogP contribution in [0, 0.1) is 5.82 Å². The van der Waals surface area contributed by atoms with Crippen molar-refractivity contribution in [1.82, 2.24) is 5.32 Å². The van der Waals surface area contributed by atoms with E-state index >= 15 is 0 Å². The number of carbonyl (C=O) groups is 1. The van der Waals surface area contributed by atoms with E-state index in [0.717, 1.165) is 5.56 Å². The predicted octanol–water partition coefficient (Wildman–Crippen LogP) is 3.94. The smallest absolute Gasteiger partial charge is 0.253 e. The van der Waals surface area contributed by atoms with E-state index in [1.165, 1.54) is 18.2 Å². The van der Waals surface area contributed by atoms with Crippen molar-refractivity contribution in [2.75, 3.05) is 5.73 Å². The van der Waals surface area contributed by atoms with Gasteiger partial charge in [0, 0.05) is 5.02 Å². The lowest BCUT2D eigenvalue weighted by Crippen LogP contribution is -2.29. The van der Waals surface area contributed by atoms with Gasteiger partial charge in [-0.25, -0.2) is 4.39 Å². The highest BCUT2D eigenvalue weighted by Gasteiger charge is 2.17. The number of anilines is 1. The Bertz CT molecular complexity index is 643. The lowest BCUT2D eigenvalue weighted by Gasteiger charge is -2.18. The predicted molar refractivity (Wildman–Crippen MR) is 82.8 cm³/mol. The summed E-state index contributed by atoms with van der Waals surface area (Å²) in [6.07, 6.45) is 0.697. The Balaban J connectivity index is 2.20. The van der Waals surface area contributed by atoms with Crippen molar-refractivity contribution in [3.05, 3.63) is 64.4 Å². The van der Waals surface area contributed by atoms with Crippen LogP contribution >= 0.6 is 11.6 Å². The van der Waals surface area contributed by atoms with Gasteiger partial charge < -0.3 is 11.1 Å². The van der Waals surface area contributed by atoms with Gasteiger partial charge in [-0.3, -0.25) is 4.79 Å². The highest BCUT2D eigenvalue weighted by Crippen LogP contribution is 2.21. The van der Waals surface area contributed by atoms with Gasteiger partial charge >= 0.3 is 0 Å². The first kappa shape index (κ1) is 15.3. The number of para-hydroxylation sites is 1.